The van der Waals surface area contributed by atoms with E-state index >= 15 is 0 Å². The van der Waals surface area contributed by atoms with Crippen molar-refractivity contribution in [2.45, 2.75) is 32.1 Å². The van der Waals surface area contributed by atoms with E-state index in [9.17, 15) is 4.79 Å². The first-order chi connectivity index (χ1) is 8.24. The zero-order valence-electron chi connectivity index (χ0n) is 10.4. The van der Waals surface area contributed by atoms with Crippen molar-refractivity contribution in [3.63, 3.8) is 0 Å². The Kier molecular flexibility index (Phi) is 4.80. The Hall–Kier alpha value is -0.610. The molecule has 0 aliphatic carbocycles. The van der Waals surface area contributed by atoms with E-state index in [1.165, 1.54) is 12.8 Å². The van der Waals surface area contributed by atoms with Crippen LogP contribution in [0, 0.1) is 11.8 Å². The van der Waals surface area contributed by atoms with Gasteiger partial charge in [0.25, 0.3) is 0 Å². The van der Waals surface area contributed by atoms with Crippen LogP contribution in [0.4, 0.5) is 0 Å². The lowest BCUT2D eigenvalue weighted by atomic mass is 9.93. The van der Waals surface area contributed by atoms with Crippen LogP contribution >= 0.6 is 0 Å². The van der Waals surface area contributed by atoms with E-state index in [1.54, 1.807) is 0 Å². The lowest BCUT2D eigenvalue weighted by molar-refractivity contribution is -0.138. The second-order valence-electron chi connectivity index (χ2n) is 5.45. The van der Waals surface area contributed by atoms with Crippen molar-refractivity contribution in [2.75, 3.05) is 32.8 Å². The SMILES string of the molecule is O=C(O)CC1CCCN(CC2CCCOC2)C1. The molecule has 2 rings (SSSR count). The van der Waals surface area contributed by atoms with E-state index in [0.29, 0.717) is 18.3 Å². The first kappa shape index (κ1) is 12.8. The molecule has 0 aromatic rings. The minimum atomic E-state index is -0.655. The molecule has 1 N–H and O–H groups in total. The number of hydrogen-bond acceptors (Lipinski definition) is 3. The highest BCUT2D eigenvalue weighted by atomic mass is 16.5. The molecule has 0 amide bonds. The van der Waals surface area contributed by atoms with Crippen LogP contribution in [0.1, 0.15) is 32.1 Å². The lowest BCUT2D eigenvalue weighted by Crippen LogP contribution is -2.40. The third-order valence-electron chi connectivity index (χ3n) is 3.84. The molecule has 2 unspecified atom stereocenters. The number of aliphatic carboxylic acids is 1. The fourth-order valence-corrected chi connectivity index (χ4v) is 3.05. The van der Waals surface area contributed by atoms with Crippen LogP contribution in [0.25, 0.3) is 0 Å². The Morgan fingerprint density at radius 2 is 2.12 bits per heavy atom. The quantitative estimate of drug-likeness (QED) is 0.812. The van der Waals surface area contributed by atoms with Gasteiger partial charge in [0.2, 0.25) is 0 Å². The van der Waals surface area contributed by atoms with Gasteiger partial charge in [-0.15, -0.1) is 0 Å². The minimum Gasteiger partial charge on any atom is -0.481 e. The Labute approximate surface area is 103 Å². The average molecular weight is 241 g/mol. The number of piperidine rings is 1. The highest BCUT2D eigenvalue weighted by Gasteiger charge is 2.24. The first-order valence-electron chi connectivity index (χ1n) is 6.76. The van der Waals surface area contributed by atoms with Crippen LogP contribution < -0.4 is 0 Å². The Morgan fingerprint density at radius 1 is 1.29 bits per heavy atom. The topological polar surface area (TPSA) is 49.8 Å². The number of carboxylic acid groups (broad SMARTS) is 1. The number of carbonyl (C=O) groups is 1. The van der Waals surface area contributed by atoms with Crippen molar-refractivity contribution in [3.8, 4) is 0 Å². The number of nitrogens with zero attached hydrogens (tertiary/aromatic N) is 1. The third-order valence-corrected chi connectivity index (χ3v) is 3.84. The number of ether oxygens (including phenoxy) is 1. The van der Waals surface area contributed by atoms with E-state index in [4.69, 9.17) is 9.84 Å². The third kappa shape index (κ3) is 4.28. The van der Waals surface area contributed by atoms with Crippen LogP contribution in [0.3, 0.4) is 0 Å². The summed E-state index contributed by atoms with van der Waals surface area (Å²) in [5, 5.41) is 8.83. The monoisotopic (exact) mass is 241 g/mol. The molecular weight excluding hydrogens is 218 g/mol. The zero-order chi connectivity index (χ0) is 12.1. The molecule has 98 valence electrons. The molecule has 4 nitrogen and oxygen atoms in total. The van der Waals surface area contributed by atoms with Gasteiger partial charge in [-0.3, -0.25) is 4.79 Å². The largest absolute Gasteiger partial charge is 0.481 e. The van der Waals surface area contributed by atoms with Crippen LogP contribution in [0.15, 0.2) is 0 Å². The van der Waals surface area contributed by atoms with Gasteiger partial charge in [-0.1, -0.05) is 0 Å². The molecule has 2 atom stereocenters. The van der Waals surface area contributed by atoms with Crippen LogP contribution in [0.5, 0.6) is 0 Å². The molecule has 4 heteroatoms. The van der Waals surface area contributed by atoms with Crippen molar-refractivity contribution in [3.05, 3.63) is 0 Å². The maximum absolute atomic E-state index is 10.7. The maximum atomic E-state index is 10.7. The molecule has 0 bridgehead atoms. The predicted molar refractivity (Wildman–Crippen MR) is 65.0 cm³/mol. The molecule has 0 radical (unpaired) electrons. The van der Waals surface area contributed by atoms with Crippen molar-refractivity contribution in [1.82, 2.24) is 4.90 Å². The molecule has 17 heavy (non-hydrogen) atoms. The summed E-state index contributed by atoms with van der Waals surface area (Å²) in [5.41, 5.74) is 0. The fourth-order valence-electron chi connectivity index (χ4n) is 3.05. The Balaban J connectivity index is 1.74. The summed E-state index contributed by atoms with van der Waals surface area (Å²) in [5.74, 6) is 0.357. The van der Waals surface area contributed by atoms with Crippen molar-refractivity contribution < 1.29 is 14.6 Å². The van der Waals surface area contributed by atoms with Crippen molar-refractivity contribution >= 4 is 5.97 Å². The van der Waals surface area contributed by atoms with Crippen LogP contribution in [-0.2, 0) is 9.53 Å². The summed E-state index contributed by atoms with van der Waals surface area (Å²) in [7, 11) is 0. The van der Waals surface area contributed by atoms with Crippen molar-refractivity contribution in [2.24, 2.45) is 11.8 Å². The summed E-state index contributed by atoms with van der Waals surface area (Å²) in [6.45, 7) is 4.99. The molecular formula is C13H23NO3. The molecule has 2 aliphatic heterocycles. The number of hydrogen-bond donors (Lipinski definition) is 1. The van der Waals surface area contributed by atoms with Crippen LogP contribution in [0.2, 0.25) is 0 Å². The number of rotatable bonds is 4. The zero-order valence-corrected chi connectivity index (χ0v) is 10.4. The molecule has 0 aromatic heterocycles. The molecule has 0 spiro atoms. The van der Waals surface area contributed by atoms with Crippen molar-refractivity contribution in [1.29, 1.82) is 0 Å². The fraction of sp³-hybridized carbons (Fsp3) is 0.923. The summed E-state index contributed by atoms with van der Waals surface area (Å²) >= 11 is 0. The molecule has 0 saturated carbocycles. The van der Waals surface area contributed by atoms with E-state index in [2.05, 4.69) is 4.90 Å². The van der Waals surface area contributed by atoms with E-state index < -0.39 is 5.97 Å². The van der Waals surface area contributed by atoms with Gasteiger partial charge in [-0.2, -0.15) is 0 Å². The van der Waals surface area contributed by atoms with Gasteiger partial charge in [0.15, 0.2) is 0 Å². The minimum absolute atomic E-state index is 0.331. The van der Waals surface area contributed by atoms with E-state index in [1.807, 2.05) is 0 Å². The molecule has 2 aliphatic rings. The highest BCUT2D eigenvalue weighted by molar-refractivity contribution is 5.67. The Bertz CT molecular complexity index is 251. The summed E-state index contributed by atoms with van der Waals surface area (Å²) in [6.07, 6.45) is 4.99. The summed E-state index contributed by atoms with van der Waals surface area (Å²) in [4.78, 5) is 13.2. The van der Waals surface area contributed by atoms with Gasteiger partial charge < -0.3 is 14.7 Å². The molecule has 2 fully saturated rings. The van der Waals surface area contributed by atoms with E-state index in [0.717, 1.165) is 45.7 Å². The average Bonchev–Trinajstić information content (AvgIpc) is 2.30. The van der Waals surface area contributed by atoms with Crippen LogP contribution in [-0.4, -0.2) is 48.8 Å². The smallest absolute Gasteiger partial charge is 0.303 e. The van der Waals surface area contributed by atoms with Gasteiger partial charge in [0.05, 0.1) is 6.61 Å². The maximum Gasteiger partial charge on any atom is 0.303 e. The lowest BCUT2D eigenvalue weighted by Gasteiger charge is -2.35. The normalized spacial score (nSPS) is 31.3. The number of likely N-dealkylation sites (tertiary alicyclic amines) is 1. The molecule has 2 saturated heterocycles. The van der Waals surface area contributed by atoms with Gasteiger partial charge in [0, 0.05) is 26.1 Å². The highest BCUT2D eigenvalue weighted by Crippen LogP contribution is 2.22. The van der Waals surface area contributed by atoms with E-state index in [-0.39, 0.29) is 0 Å². The summed E-state index contributed by atoms with van der Waals surface area (Å²) < 4.78 is 5.49. The summed E-state index contributed by atoms with van der Waals surface area (Å²) in [6, 6.07) is 0. The molecule has 2 heterocycles. The number of carboxylic acids is 1. The second-order valence-corrected chi connectivity index (χ2v) is 5.45. The van der Waals surface area contributed by atoms with Gasteiger partial charge >= 0.3 is 5.97 Å². The standard InChI is InChI=1S/C13H23NO3/c15-13(16)7-11-3-1-5-14(8-11)9-12-4-2-6-17-10-12/h11-12H,1-10H2,(H,15,16). The van der Waals surface area contributed by atoms with Gasteiger partial charge in [0.1, 0.15) is 0 Å². The first-order valence-corrected chi connectivity index (χ1v) is 6.76. The molecule has 0 aromatic carbocycles. The predicted octanol–water partition coefficient (Wildman–Crippen LogP) is 1.60. The second kappa shape index (κ2) is 6.36. The van der Waals surface area contributed by atoms with Gasteiger partial charge in [-0.25, -0.2) is 0 Å². The van der Waals surface area contributed by atoms with Gasteiger partial charge in [-0.05, 0) is 44.1 Å². The Morgan fingerprint density at radius 3 is 2.82 bits per heavy atom.